The summed E-state index contributed by atoms with van der Waals surface area (Å²) in [6.07, 6.45) is 5.03. The second-order valence-corrected chi connectivity index (χ2v) is 6.22. The first kappa shape index (κ1) is 17.4. The Balaban J connectivity index is 2.05. The van der Waals surface area contributed by atoms with Gasteiger partial charge in [-0.2, -0.15) is 0 Å². The number of benzene rings is 2. The van der Waals surface area contributed by atoms with Gasteiger partial charge in [0.25, 0.3) is 5.91 Å². The Bertz CT molecular complexity index is 839. The number of likely N-dealkylation sites (N-methyl/N-ethyl adjacent to an activating group) is 1. The van der Waals surface area contributed by atoms with E-state index in [1.165, 1.54) is 16.3 Å². The van der Waals surface area contributed by atoms with Crippen molar-refractivity contribution in [3.63, 3.8) is 0 Å². The van der Waals surface area contributed by atoms with Crippen molar-refractivity contribution in [1.82, 2.24) is 0 Å². The van der Waals surface area contributed by atoms with Gasteiger partial charge in [-0.3, -0.25) is 9.79 Å². The number of rotatable bonds is 6. The highest BCUT2D eigenvalue weighted by molar-refractivity contribution is 5.98. The van der Waals surface area contributed by atoms with Crippen molar-refractivity contribution in [1.29, 1.82) is 0 Å². The number of aliphatic imine (C=N–C) groups is 1. The molecule has 0 bridgehead atoms. The molecule has 0 radical (unpaired) electrons. The number of carbonyl (C=O) groups excluding carboxylic acids is 1. The van der Waals surface area contributed by atoms with Crippen LogP contribution in [0.25, 0.3) is 10.8 Å². The first-order chi connectivity index (χ1) is 12.2. The van der Waals surface area contributed by atoms with Crippen molar-refractivity contribution < 1.29 is 9.53 Å². The van der Waals surface area contributed by atoms with Crippen molar-refractivity contribution in [3.05, 3.63) is 53.7 Å². The molecule has 0 aliphatic carbocycles. The van der Waals surface area contributed by atoms with Gasteiger partial charge in [0.15, 0.2) is 0 Å². The van der Waals surface area contributed by atoms with Crippen LogP contribution in [-0.2, 0) is 9.53 Å². The van der Waals surface area contributed by atoms with Gasteiger partial charge in [0, 0.05) is 43.6 Å². The standard InChI is InChI=1S/C21H24N2O2/c1-4-23(21(24)14-25-3)17-11-10-16-7-5-8-18(19(16)13-17)15(2)20-9-6-12-22-20/h5,7-13,15H,4,6,14H2,1-3H3. The molecule has 0 spiro atoms. The highest BCUT2D eigenvalue weighted by Crippen LogP contribution is 2.34. The SMILES string of the molecule is CCN(C(=O)COC)c1ccc2cccc(C(C)C3=CCC=N3)c2c1. The average Bonchev–Trinajstić information content (AvgIpc) is 3.16. The van der Waals surface area contributed by atoms with E-state index < -0.39 is 0 Å². The van der Waals surface area contributed by atoms with Crippen LogP contribution in [0.15, 0.2) is 53.2 Å². The largest absolute Gasteiger partial charge is 0.375 e. The highest BCUT2D eigenvalue weighted by atomic mass is 16.5. The summed E-state index contributed by atoms with van der Waals surface area (Å²) in [5, 5.41) is 2.34. The second-order valence-electron chi connectivity index (χ2n) is 6.22. The van der Waals surface area contributed by atoms with Gasteiger partial charge in [0.1, 0.15) is 6.61 Å². The number of anilines is 1. The van der Waals surface area contributed by atoms with Gasteiger partial charge in [-0.25, -0.2) is 0 Å². The number of methoxy groups -OCH3 is 1. The van der Waals surface area contributed by atoms with Crippen molar-refractivity contribution in [2.45, 2.75) is 26.2 Å². The number of carbonyl (C=O) groups is 1. The predicted molar refractivity (Wildman–Crippen MR) is 103 cm³/mol. The number of hydrogen-bond donors (Lipinski definition) is 0. The van der Waals surface area contributed by atoms with Crippen molar-refractivity contribution in [3.8, 4) is 0 Å². The van der Waals surface area contributed by atoms with E-state index in [4.69, 9.17) is 4.74 Å². The van der Waals surface area contributed by atoms with Gasteiger partial charge in [0.2, 0.25) is 0 Å². The summed E-state index contributed by atoms with van der Waals surface area (Å²) in [7, 11) is 1.54. The van der Waals surface area contributed by atoms with E-state index in [2.05, 4.69) is 48.3 Å². The average molecular weight is 336 g/mol. The summed E-state index contributed by atoms with van der Waals surface area (Å²) in [5.74, 6) is 0.195. The lowest BCUT2D eigenvalue weighted by atomic mass is 9.92. The molecule has 1 amide bonds. The molecule has 0 aromatic heterocycles. The monoisotopic (exact) mass is 336 g/mol. The van der Waals surface area contributed by atoms with Crippen LogP contribution in [0, 0.1) is 0 Å². The molecule has 1 atom stereocenters. The maximum Gasteiger partial charge on any atom is 0.252 e. The third-order valence-corrected chi connectivity index (χ3v) is 4.68. The van der Waals surface area contributed by atoms with Crippen LogP contribution in [0.5, 0.6) is 0 Å². The summed E-state index contributed by atoms with van der Waals surface area (Å²) in [4.78, 5) is 18.6. The Morgan fingerprint density at radius 1 is 1.32 bits per heavy atom. The Morgan fingerprint density at radius 2 is 2.16 bits per heavy atom. The second kappa shape index (κ2) is 7.62. The topological polar surface area (TPSA) is 41.9 Å². The molecular formula is C21H24N2O2. The lowest BCUT2D eigenvalue weighted by Gasteiger charge is -2.22. The summed E-state index contributed by atoms with van der Waals surface area (Å²) in [6.45, 7) is 4.86. The molecule has 4 heteroatoms. The molecule has 3 rings (SSSR count). The van der Waals surface area contributed by atoms with Crippen LogP contribution in [0.3, 0.4) is 0 Å². The van der Waals surface area contributed by atoms with Gasteiger partial charge in [-0.15, -0.1) is 0 Å². The predicted octanol–water partition coefficient (Wildman–Crippen LogP) is 4.30. The number of hydrogen-bond acceptors (Lipinski definition) is 3. The first-order valence-corrected chi connectivity index (χ1v) is 8.70. The third-order valence-electron chi connectivity index (χ3n) is 4.68. The molecule has 0 fully saturated rings. The molecule has 130 valence electrons. The van der Waals surface area contributed by atoms with E-state index >= 15 is 0 Å². The zero-order chi connectivity index (χ0) is 17.8. The Morgan fingerprint density at radius 3 is 2.84 bits per heavy atom. The molecule has 2 aromatic rings. The summed E-state index contributed by atoms with van der Waals surface area (Å²) in [6, 6.07) is 12.5. The normalized spacial score (nSPS) is 14.6. The van der Waals surface area contributed by atoms with Gasteiger partial charge >= 0.3 is 0 Å². The molecule has 25 heavy (non-hydrogen) atoms. The number of nitrogens with zero attached hydrogens (tertiary/aromatic N) is 2. The highest BCUT2D eigenvalue weighted by Gasteiger charge is 2.18. The smallest absolute Gasteiger partial charge is 0.252 e. The zero-order valence-corrected chi connectivity index (χ0v) is 15.0. The summed E-state index contributed by atoms with van der Waals surface area (Å²) >= 11 is 0. The summed E-state index contributed by atoms with van der Waals surface area (Å²) in [5.41, 5.74) is 3.25. The zero-order valence-electron chi connectivity index (χ0n) is 15.0. The van der Waals surface area contributed by atoms with Crippen LogP contribution in [0.2, 0.25) is 0 Å². The van der Waals surface area contributed by atoms with Crippen molar-refractivity contribution >= 4 is 28.6 Å². The van der Waals surface area contributed by atoms with Crippen LogP contribution in [0.1, 0.15) is 31.7 Å². The van der Waals surface area contributed by atoms with E-state index in [1.807, 2.05) is 19.2 Å². The minimum Gasteiger partial charge on any atom is -0.375 e. The fourth-order valence-corrected chi connectivity index (χ4v) is 3.37. The van der Waals surface area contributed by atoms with Gasteiger partial charge in [-0.1, -0.05) is 37.3 Å². The molecule has 1 unspecified atom stereocenters. The van der Waals surface area contributed by atoms with E-state index in [-0.39, 0.29) is 18.4 Å². The van der Waals surface area contributed by atoms with Crippen LogP contribution >= 0.6 is 0 Å². The molecule has 0 saturated heterocycles. The Hall–Kier alpha value is -2.46. The fraction of sp³-hybridized carbons (Fsp3) is 0.333. The van der Waals surface area contributed by atoms with Gasteiger partial charge in [-0.05, 0) is 35.4 Å². The van der Waals surface area contributed by atoms with Crippen molar-refractivity contribution in [2.75, 3.05) is 25.2 Å². The molecule has 2 aromatic carbocycles. The van der Waals surface area contributed by atoms with Crippen LogP contribution < -0.4 is 4.90 Å². The molecule has 0 N–H and O–H groups in total. The van der Waals surface area contributed by atoms with E-state index in [1.54, 1.807) is 12.0 Å². The Kier molecular flexibility index (Phi) is 5.29. The van der Waals surface area contributed by atoms with E-state index in [0.29, 0.717) is 6.54 Å². The maximum absolute atomic E-state index is 12.3. The third kappa shape index (κ3) is 3.49. The number of allylic oxidation sites excluding steroid dienone is 2. The van der Waals surface area contributed by atoms with Crippen LogP contribution in [-0.4, -0.2) is 32.4 Å². The molecule has 0 saturated carbocycles. The minimum atomic E-state index is -0.0296. The number of fused-ring (bicyclic) bond motifs is 1. The lowest BCUT2D eigenvalue weighted by molar-refractivity contribution is -0.122. The van der Waals surface area contributed by atoms with Crippen molar-refractivity contribution in [2.24, 2.45) is 4.99 Å². The Labute approximate surface area is 148 Å². The lowest BCUT2D eigenvalue weighted by Crippen LogP contribution is -2.33. The van der Waals surface area contributed by atoms with E-state index in [0.717, 1.165) is 17.8 Å². The number of amides is 1. The maximum atomic E-state index is 12.3. The minimum absolute atomic E-state index is 0.0296. The van der Waals surface area contributed by atoms with E-state index in [9.17, 15) is 4.79 Å². The van der Waals surface area contributed by atoms with Gasteiger partial charge in [0.05, 0.1) is 0 Å². The molecular weight excluding hydrogens is 312 g/mol. The summed E-state index contributed by atoms with van der Waals surface area (Å²) < 4.78 is 5.01. The van der Waals surface area contributed by atoms with Gasteiger partial charge < -0.3 is 9.64 Å². The first-order valence-electron chi connectivity index (χ1n) is 8.70. The fourth-order valence-electron chi connectivity index (χ4n) is 3.37. The molecule has 1 heterocycles. The molecule has 1 aliphatic heterocycles. The van der Waals surface area contributed by atoms with Crippen LogP contribution in [0.4, 0.5) is 5.69 Å². The molecule has 1 aliphatic rings. The quantitative estimate of drug-likeness (QED) is 0.789. The number of ether oxygens (including phenoxy) is 1. The molecule has 4 nitrogen and oxygen atoms in total.